The molecule has 2 aromatic heterocycles. The molecule has 4 heterocycles. The summed E-state index contributed by atoms with van der Waals surface area (Å²) in [5.41, 5.74) is 3.38. The molecule has 5 rings (SSSR count). The molecule has 168 valence electrons. The van der Waals surface area contributed by atoms with E-state index in [0.29, 0.717) is 52.2 Å². The van der Waals surface area contributed by atoms with Gasteiger partial charge in [-0.2, -0.15) is 4.98 Å². The van der Waals surface area contributed by atoms with Gasteiger partial charge in [0.05, 0.1) is 11.4 Å². The van der Waals surface area contributed by atoms with Crippen molar-refractivity contribution >= 4 is 40.4 Å². The standard InChI is InChI=1S/C23H26ClN5O3/c1-13-9-14(24)10-18(30)20(13)16-11-17(29-8-4-6-19(29)31)21-22(26-16)27-23(32-21)25-15-5-3-7-28(2)12-15/h9-11,15,30H,3-8,12H2,1-2H3,(H,25,26,27). The summed E-state index contributed by atoms with van der Waals surface area (Å²) < 4.78 is 6.09. The van der Waals surface area contributed by atoms with E-state index in [9.17, 15) is 9.90 Å². The summed E-state index contributed by atoms with van der Waals surface area (Å²) in [5.74, 6) is 0.0768. The summed E-state index contributed by atoms with van der Waals surface area (Å²) in [6.07, 6.45) is 3.44. The second-order valence-corrected chi connectivity index (χ2v) is 9.15. The van der Waals surface area contributed by atoms with Gasteiger partial charge in [-0.3, -0.25) is 4.79 Å². The lowest BCUT2D eigenvalue weighted by Crippen LogP contribution is -2.39. The summed E-state index contributed by atoms with van der Waals surface area (Å²) in [4.78, 5) is 25.8. The van der Waals surface area contributed by atoms with Crippen LogP contribution in [0.1, 0.15) is 31.2 Å². The van der Waals surface area contributed by atoms with E-state index in [-0.39, 0.29) is 17.7 Å². The van der Waals surface area contributed by atoms with E-state index < -0.39 is 0 Å². The molecular weight excluding hydrogens is 430 g/mol. The van der Waals surface area contributed by atoms with E-state index >= 15 is 0 Å². The molecule has 0 aliphatic carbocycles. The molecule has 32 heavy (non-hydrogen) atoms. The van der Waals surface area contributed by atoms with Crippen molar-refractivity contribution in [1.82, 2.24) is 14.9 Å². The molecular formula is C23H26ClN5O3. The monoisotopic (exact) mass is 455 g/mol. The van der Waals surface area contributed by atoms with Gasteiger partial charge in [-0.1, -0.05) is 11.6 Å². The maximum atomic E-state index is 12.6. The number of halogens is 1. The molecule has 2 fully saturated rings. The number of fused-ring (bicyclic) bond motifs is 1. The fourth-order valence-corrected chi connectivity index (χ4v) is 4.97. The van der Waals surface area contributed by atoms with Crippen LogP contribution in [-0.4, -0.2) is 58.6 Å². The molecule has 2 aliphatic rings. The number of anilines is 2. The van der Waals surface area contributed by atoms with Crippen molar-refractivity contribution in [2.24, 2.45) is 0 Å². The third kappa shape index (κ3) is 3.89. The molecule has 1 atom stereocenters. The summed E-state index contributed by atoms with van der Waals surface area (Å²) in [5, 5.41) is 14.4. The molecule has 3 aromatic rings. The van der Waals surface area contributed by atoms with Crippen molar-refractivity contribution in [2.75, 3.05) is 36.9 Å². The van der Waals surface area contributed by atoms with E-state index in [2.05, 4.69) is 27.2 Å². The Labute approximate surface area is 191 Å². The number of rotatable bonds is 4. The fourth-order valence-electron chi connectivity index (χ4n) is 4.71. The molecule has 1 amide bonds. The highest BCUT2D eigenvalue weighted by molar-refractivity contribution is 6.31. The molecule has 8 nitrogen and oxygen atoms in total. The van der Waals surface area contributed by atoms with Crippen molar-refractivity contribution in [3.8, 4) is 17.0 Å². The summed E-state index contributed by atoms with van der Waals surface area (Å²) in [7, 11) is 2.10. The summed E-state index contributed by atoms with van der Waals surface area (Å²) >= 11 is 6.09. The number of hydrogen-bond acceptors (Lipinski definition) is 7. The largest absolute Gasteiger partial charge is 0.507 e. The number of carbonyl (C=O) groups is 1. The summed E-state index contributed by atoms with van der Waals surface area (Å²) in [6.45, 7) is 4.47. The minimum atomic E-state index is 0.0348. The molecule has 2 N–H and O–H groups in total. The van der Waals surface area contributed by atoms with Crippen molar-refractivity contribution in [3.05, 3.63) is 28.8 Å². The molecule has 2 saturated heterocycles. The number of oxazole rings is 1. The molecule has 0 radical (unpaired) electrons. The highest BCUT2D eigenvalue weighted by Gasteiger charge is 2.28. The number of likely N-dealkylation sites (N-methyl/N-ethyl adjacent to an activating group) is 1. The van der Waals surface area contributed by atoms with E-state index in [1.54, 1.807) is 17.0 Å². The Bertz CT molecular complexity index is 1170. The zero-order valence-corrected chi connectivity index (χ0v) is 18.9. The third-order valence-corrected chi connectivity index (χ3v) is 6.41. The average Bonchev–Trinajstić information content (AvgIpc) is 3.32. The number of amides is 1. The third-order valence-electron chi connectivity index (χ3n) is 6.19. The maximum absolute atomic E-state index is 12.6. The van der Waals surface area contributed by atoms with Crippen LogP contribution in [0.4, 0.5) is 11.7 Å². The molecule has 1 aromatic carbocycles. The van der Waals surface area contributed by atoms with Gasteiger partial charge in [0.25, 0.3) is 6.01 Å². The van der Waals surface area contributed by atoms with Gasteiger partial charge in [-0.05, 0) is 63.5 Å². The van der Waals surface area contributed by atoms with Gasteiger partial charge < -0.3 is 24.6 Å². The zero-order chi connectivity index (χ0) is 22.4. The van der Waals surface area contributed by atoms with E-state index in [0.717, 1.165) is 37.9 Å². The first-order valence-corrected chi connectivity index (χ1v) is 11.3. The van der Waals surface area contributed by atoms with Crippen LogP contribution in [0.15, 0.2) is 22.6 Å². The van der Waals surface area contributed by atoms with Crippen LogP contribution >= 0.6 is 11.6 Å². The zero-order valence-electron chi connectivity index (χ0n) is 18.2. The van der Waals surface area contributed by atoms with Gasteiger partial charge in [0.1, 0.15) is 5.75 Å². The second kappa shape index (κ2) is 8.26. The molecule has 2 aliphatic heterocycles. The number of aromatic nitrogens is 2. The quantitative estimate of drug-likeness (QED) is 0.609. The predicted octanol–water partition coefficient (Wildman–Crippen LogP) is 4.19. The lowest BCUT2D eigenvalue weighted by atomic mass is 10.0. The number of likely N-dealkylation sites (tertiary alicyclic amines) is 1. The highest BCUT2D eigenvalue weighted by atomic mass is 35.5. The van der Waals surface area contributed by atoms with E-state index in [1.165, 1.54) is 6.07 Å². The van der Waals surface area contributed by atoms with Crippen LogP contribution in [0.2, 0.25) is 5.02 Å². The first kappa shape index (κ1) is 21.0. The lowest BCUT2D eigenvalue weighted by Gasteiger charge is -2.29. The number of benzene rings is 1. The Hall–Kier alpha value is -2.84. The second-order valence-electron chi connectivity index (χ2n) is 8.71. The highest BCUT2D eigenvalue weighted by Crippen LogP contribution is 2.39. The average molecular weight is 456 g/mol. The number of phenolic OH excluding ortho intramolecular Hbond substituents is 1. The maximum Gasteiger partial charge on any atom is 0.297 e. The predicted molar refractivity (Wildman–Crippen MR) is 124 cm³/mol. The smallest absolute Gasteiger partial charge is 0.297 e. The number of carbonyl (C=O) groups excluding carboxylic acids is 1. The number of aryl methyl sites for hydroxylation is 1. The Morgan fingerprint density at radius 3 is 2.78 bits per heavy atom. The van der Waals surface area contributed by atoms with Crippen molar-refractivity contribution in [2.45, 2.75) is 38.6 Å². The van der Waals surface area contributed by atoms with Crippen LogP contribution < -0.4 is 10.2 Å². The normalized spacial score (nSPS) is 19.8. The molecule has 0 spiro atoms. The van der Waals surface area contributed by atoms with Crippen molar-refractivity contribution in [3.63, 3.8) is 0 Å². The molecule has 0 bridgehead atoms. The van der Waals surface area contributed by atoms with Crippen LogP contribution in [0.25, 0.3) is 22.5 Å². The Morgan fingerprint density at radius 2 is 2.06 bits per heavy atom. The molecule has 1 unspecified atom stereocenters. The first-order chi connectivity index (χ1) is 15.4. The number of phenols is 1. The minimum absolute atomic E-state index is 0.0348. The molecule has 9 heteroatoms. The van der Waals surface area contributed by atoms with Crippen LogP contribution in [-0.2, 0) is 4.79 Å². The minimum Gasteiger partial charge on any atom is -0.507 e. The number of piperidine rings is 1. The SMILES string of the molecule is Cc1cc(Cl)cc(O)c1-c1cc(N2CCCC2=O)c2oc(NC3CCCN(C)C3)nc2n1. The van der Waals surface area contributed by atoms with Crippen LogP contribution in [0.5, 0.6) is 5.75 Å². The summed E-state index contributed by atoms with van der Waals surface area (Å²) in [6, 6.07) is 5.70. The Morgan fingerprint density at radius 1 is 1.22 bits per heavy atom. The Kier molecular flexibility index (Phi) is 5.43. The van der Waals surface area contributed by atoms with E-state index in [4.69, 9.17) is 16.0 Å². The fraction of sp³-hybridized carbons (Fsp3) is 0.435. The van der Waals surface area contributed by atoms with Gasteiger partial charge in [-0.15, -0.1) is 0 Å². The lowest BCUT2D eigenvalue weighted by molar-refractivity contribution is -0.117. The van der Waals surface area contributed by atoms with E-state index in [1.807, 2.05) is 6.92 Å². The van der Waals surface area contributed by atoms with Gasteiger partial charge in [0, 0.05) is 36.1 Å². The number of nitrogens with one attached hydrogen (secondary N) is 1. The Balaban J connectivity index is 1.61. The number of aromatic hydroxyl groups is 1. The van der Waals surface area contributed by atoms with Gasteiger partial charge in [-0.25, -0.2) is 4.98 Å². The molecule has 0 saturated carbocycles. The van der Waals surface area contributed by atoms with Gasteiger partial charge >= 0.3 is 0 Å². The van der Waals surface area contributed by atoms with Gasteiger partial charge in [0.2, 0.25) is 11.6 Å². The number of pyridine rings is 1. The van der Waals surface area contributed by atoms with Gasteiger partial charge in [0.15, 0.2) is 5.58 Å². The van der Waals surface area contributed by atoms with Crippen LogP contribution in [0, 0.1) is 6.92 Å². The van der Waals surface area contributed by atoms with Crippen molar-refractivity contribution < 1.29 is 14.3 Å². The van der Waals surface area contributed by atoms with Crippen LogP contribution in [0.3, 0.4) is 0 Å². The number of hydrogen-bond donors (Lipinski definition) is 2. The number of nitrogens with zero attached hydrogens (tertiary/aromatic N) is 4. The topological polar surface area (TPSA) is 94.7 Å². The van der Waals surface area contributed by atoms with Crippen molar-refractivity contribution in [1.29, 1.82) is 0 Å². The first-order valence-electron chi connectivity index (χ1n) is 11.0.